The van der Waals surface area contributed by atoms with Crippen LogP contribution >= 0.6 is 0 Å². The molecular weight excluding hydrogens is 256 g/mol. The highest BCUT2D eigenvalue weighted by Crippen LogP contribution is 2.17. The average Bonchev–Trinajstić information content (AvgIpc) is 2.84. The van der Waals surface area contributed by atoms with E-state index in [1.54, 1.807) is 18.3 Å². The van der Waals surface area contributed by atoms with Crippen molar-refractivity contribution in [1.82, 2.24) is 10.3 Å². The second kappa shape index (κ2) is 5.77. The van der Waals surface area contributed by atoms with Crippen molar-refractivity contribution < 1.29 is 14.7 Å². The van der Waals surface area contributed by atoms with Gasteiger partial charge >= 0.3 is 5.97 Å². The summed E-state index contributed by atoms with van der Waals surface area (Å²) in [6.45, 7) is 3.85. The van der Waals surface area contributed by atoms with Gasteiger partial charge in [-0.15, -0.1) is 0 Å². The Labute approximate surface area is 117 Å². The van der Waals surface area contributed by atoms with E-state index >= 15 is 0 Å². The zero-order valence-electron chi connectivity index (χ0n) is 11.5. The molecule has 1 amide bonds. The highest BCUT2D eigenvalue weighted by molar-refractivity contribution is 6.07. The smallest absolute Gasteiger partial charge is 0.326 e. The van der Waals surface area contributed by atoms with Crippen molar-refractivity contribution >= 4 is 22.8 Å². The Morgan fingerprint density at radius 3 is 2.70 bits per heavy atom. The van der Waals surface area contributed by atoms with Gasteiger partial charge in [-0.05, 0) is 30.5 Å². The normalized spacial score (nSPS) is 12.6. The Balaban J connectivity index is 2.22. The molecule has 0 saturated heterocycles. The molecule has 0 radical (unpaired) electrons. The molecule has 0 aliphatic carbocycles. The lowest BCUT2D eigenvalue weighted by Gasteiger charge is -2.16. The van der Waals surface area contributed by atoms with Gasteiger partial charge in [0.05, 0.1) is 0 Å². The van der Waals surface area contributed by atoms with E-state index in [0.29, 0.717) is 12.0 Å². The average molecular weight is 274 g/mol. The van der Waals surface area contributed by atoms with E-state index in [2.05, 4.69) is 10.3 Å². The molecule has 0 bridgehead atoms. The number of fused-ring (bicyclic) bond motifs is 1. The molecule has 0 saturated carbocycles. The van der Waals surface area contributed by atoms with E-state index in [1.165, 1.54) is 0 Å². The van der Waals surface area contributed by atoms with Crippen LogP contribution in [0.1, 0.15) is 30.6 Å². The van der Waals surface area contributed by atoms with E-state index in [1.807, 2.05) is 26.0 Å². The highest BCUT2D eigenvalue weighted by atomic mass is 16.4. The first kappa shape index (κ1) is 14.1. The van der Waals surface area contributed by atoms with E-state index in [0.717, 1.165) is 10.9 Å². The van der Waals surface area contributed by atoms with Crippen LogP contribution in [0.25, 0.3) is 10.9 Å². The molecule has 1 aromatic carbocycles. The van der Waals surface area contributed by atoms with Gasteiger partial charge in [0.15, 0.2) is 0 Å². The molecule has 1 atom stereocenters. The summed E-state index contributed by atoms with van der Waals surface area (Å²) in [6.07, 6.45) is 2.16. The first-order valence-corrected chi connectivity index (χ1v) is 6.59. The highest BCUT2D eigenvalue weighted by Gasteiger charge is 2.22. The number of aromatic amines is 1. The monoisotopic (exact) mass is 274 g/mol. The third-order valence-electron chi connectivity index (χ3n) is 3.15. The van der Waals surface area contributed by atoms with Gasteiger partial charge < -0.3 is 15.4 Å². The fourth-order valence-electron chi connectivity index (χ4n) is 2.21. The van der Waals surface area contributed by atoms with Crippen LogP contribution in [0.2, 0.25) is 0 Å². The van der Waals surface area contributed by atoms with Gasteiger partial charge in [-0.1, -0.05) is 19.9 Å². The molecular formula is C15H18N2O3. The standard InChI is InChI=1S/C15H18N2O3/c1-9(2)8-13(15(19)20)17-14(18)11-4-3-5-12-10(11)6-7-16-12/h3-7,9,13,16H,8H2,1-2H3,(H,17,18)(H,19,20)/t13-/m0/s1. The number of aliphatic carboxylic acids is 1. The largest absolute Gasteiger partial charge is 0.480 e. The predicted molar refractivity (Wildman–Crippen MR) is 76.6 cm³/mol. The van der Waals surface area contributed by atoms with Crippen LogP contribution < -0.4 is 5.32 Å². The lowest BCUT2D eigenvalue weighted by Crippen LogP contribution is -2.41. The Hall–Kier alpha value is -2.30. The maximum absolute atomic E-state index is 12.3. The minimum Gasteiger partial charge on any atom is -0.480 e. The van der Waals surface area contributed by atoms with Crippen molar-refractivity contribution in [3.8, 4) is 0 Å². The van der Waals surface area contributed by atoms with Crippen molar-refractivity contribution in [2.75, 3.05) is 0 Å². The minimum absolute atomic E-state index is 0.194. The quantitative estimate of drug-likeness (QED) is 0.783. The van der Waals surface area contributed by atoms with Crippen molar-refractivity contribution in [3.63, 3.8) is 0 Å². The predicted octanol–water partition coefficient (Wildman–Crippen LogP) is 2.40. The third kappa shape index (κ3) is 2.99. The Bertz CT molecular complexity index is 631. The summed E-state index contributed by atoms with van der Waals surface area (Å²) >= 11 is 0. The summed E-state index contributed by atoms with van der Waals surface area (Å²) < 4.78 is 0. The third-order valence-corrected chi connectivity index (χ3v) is 3.15. The maximum Gasteiger partial charge on any atom is 0.326 e. The number of carbonyl (C=O) groups is 2. The molecule has 20 heavy (non-hydrogen) atoms. The van der Waals surface area contributed by atoms with Gasteiger partial charge in [0.1, 0.15) is 6.04 Å². The van der Waals surface area contributed by atoms with Crippen LogP contribution in [0.5, 0.6) is 0 Å². The zero-order chi connectivity index (χ0) is 14.7. The summed E-state index contributed by atoms with van der Waals surface area (Å²) in [5, 5.41) is 12.6. The Morgan fingerprint density at radius 2 is 2.05 bits per heavy atom. The lowest BCUT2D eigenvalue weighted by molar-refractivity contribution is -0.139. The number of amides is 1. The summed E-state index contributed by atoms with van der Waals surface area (Å²) in [4.78, 5) is 26.5. The summed E-state index contributed by atoms with van der Waals surface area (Å²) in [7, 11) is 0. The molecule has 0 fully saturated rings. The first-order chi connectivity index (χ1) is 9.49. The Kier molecular flexibility index (Phi) is 4.08. The van der Waals surface area contributed by atoms with E-state index in [9.17, 15) is 14.7 Å². The molecule has 2 aromatic rings. The molecule has 0 spiro atoms. The molecule has 2 rings (SSSR count). The molecule has 5 nitrogen and oxygen atoms in total. The zero-order valence-corrected chi connectivity index (χ0v) is 11.5. The topological polar surface area (TPSA) is 82.2 Å². The van der Waals surface area contributed by atoms with Crippen molar-refractivity contribution in [1.29, 1.82) is 0 Å². The van der Waals surface area contributed by atoms with Gasteiger partial charge in [0.2, 0.25) is 0 Å². The molecule has 0 aliphatic rings. The van der Waals surface area contributed by atoms with Gasteiger partial charge in [-0.25, -0.2) is 4.79 Å². The van der Waals surface area contributed by atoms with Crippen LogP contribution in [-0.2, 0) is 4.79 Å². The number of carboxylic acids is 1. The van der Waals surface area contributed by atoms with E-state index in [4.69, 9.17) is 0 Å². The number of carboxylic acid groups (broad SMARTS) is 1. The molecule has 0 unspecified atom stereocenters. The SMILES string of the molecule is CC(C)C[C@H](NC(=O)c1cccc2[nH]ccc12)C(=O)O. The molecule has 5 heteroatoms. The molecule has 1 aromatic heterocycles. The van der Waals surface area contributed by atoms with Gasteiger partial charge in [0.25, 0.3) is 5.91 Å². The van der Waals surface area contributed by atoms with Gasteiger partial charge in [-0.2, -0.15) is 0 Å². The fourth-order valence-corrected chi connectivity index (χ4v) is 2.21. The van der Waals surface area contributed by atoms with Crippen LogP contribution in [0, 0.1) is 5.92 Å². The number of rotatable bonds is 5. The van der Waals surface area contributed by atoms with Crippen molar-refractivity contribution in [2.45, 2.75) is 26.3 Å². The number of aromatic nitrogens is 1. The number of hydrogen-bond donors (Lipinski definition) is 3. The van der Waals surface area contributed by atoms with Gasteiger partial charge in [-0.3, -0.25) is 4.79 Å². The fraction of sp³-hybridized carbons (Fsp3) is 0.333. The van der Waals surface area contributed by atoms with Crippen molar-refractivity contribution in [2.24, 2.45) is 5.92 Å². The number of hydrogen-bond acceptors (Lipinski definition) is 2. The summed E-state index contributed by atoms with van der Waals surface area (Å²) in [5.41, 5.74) is 1.34. The number of H-pyrrole nitrogens is 1. The molecule has 106 valence electrons. The van der Waals surface area contributed by atoms with Crippen LogP contribution in [0.15, 0.2) is 30.5 Å². The molecule has 0 aliphatic heterocycles. The summed E-state index contributed by atoms with van der Waals surface area (Å²) in [5.74, 6) is -1.17. The molecule has 1 heterocycles. The second-order valence-electron chi connectivity index (χ2n) is 5.24. The lowest BCUT2D eigenvalue weighted by atomic mass is 10.0. The van der Waals surface area contributed by atoms with Gasteiger partial charge in [0, 0.05) is 22.7 Å². The van der Waals surface area contributed by atoms with Crippen LogP contribution in [0.4, 0.5) is 0 Å². The summed E-state index contributed by atoms with van der Waals surface area (Å²) in [6, 6.07) is 6.28. The van der Waals surface area contributed by atoms with Crippen molar-refractivity contribution in [3.05, 3.63) is 36.0 Å². The van der Waals surface area contributed by atoms with Crippen LogP contribution in [-0.4, -0.2) is 28.0 Å². The number of benzene rings is 1. The second-order valence-corrected chi connectivity index (χ2v) is 5.24. The molecule has 3 N–H and O–H groups in total. The maximum atomic E-state index is 12.3. The number of nitrogens with one attached hydrogen (secondary N) is 2. The van der Waals surface area contributed by atoms with E-state index < -0.39 is 12.0 Å². The number of carbonyl (C=O) groups excluding carboxylic acids is 1. The Morgan fingerprint density at radius 1 is 1.30 bits per heavy atom. The van der Waals surface area contributed by atoms with Crippen LogP contribution in [0.3, 0.4) is 0 Å². The minimum atomic E-state index is -1.01. The first-order valence-electron chi connectivity index (χ1n) is 6.59. The van der Waals surface area contributed by atoms with E-state index in [-0.39, 0.29) is 11.8 Å².